The standard InChI is InChI=1S/C12H13Cl2N3O3/c13-9-5-7(17(19)20)4-8(10(9)14)11(18)16-6-12(15)2-1-3-12/h4-5H,1-3,6,15H2,(H,16,18). The molecule has 2 rings (SSSR count). The number of amides is 1. The summed E-state index contributed by atoms with van der Waals surface area (Å²) in [5, 5.41) is 13.4. The zero-order valence-electron chi connectivity index (χ0n) is 10.5. The van der Waals surface area contributed by atoms with Crippen molar-refractivity contribution in [1.82, 2.24) is 5.32 Å². The van der Waals surface area contributed by atoms with Crippen LogP contribution >= 0.6 is 23.2 Å². The van der Waals surface area contributed by atoms with E-state index in [4.69, 9.17) is 28.9 Å². The van der Waals surface area contributed by atoms with Crippen LogP contribution in [-0.2, 0) is 0 Å². The van der Waals surface area contributed by atoms with E-state index in [0.717, 1.165) is 31.4 Å². The van der Waals surface area contributed by atoms with Crippen LogP contribution in [0, 0.1) is 10.1 Å². The molecule has 0 radical (unpaired) electrons. The first-order valence-electron chi connectivity index (χ1n) is 6.03. The molecule has 20 heavy (non-hydrogen) atoms. The van der Waals surface area contributed by atoms with Crippen molar-refractivity contribution in [3.05, 3.63) is 37.9 Å². The van der Waals surface area contributed by atoms with E-state index >= 15 is 0 Å². The summed E-state index contributed by atoms with van der Waals surface area (Å²) in [6.07, 6.45) is 2.73. The maximum absolute atomic E-state index is 12.0. The molecule has 0 bridgehead atoms. The van der Waals surface area contributed by atoms with E-state index < -0.39 is 10.8 Å². The first-order chi connectivity index (χ1) is 9.32. The Hall–Kier alpha value is -1.37. The molecule has 0 spiro atoms. The van der Waals surface area contributed by atoms with Crippen LogP contribution < -0.4 is 11.1 Å². The Balaban J connectivity index is 2.18. The average Bonchev–Trinajstić information content (AvgIpc) is 2.36. The first-order valence-corrected chi connectivity index (χ1v) is 6.78. The summed E-state index contributed by atoms with van der Waals surface area (Å²) in [6, 6.07) is 2.21. The predicted molar refractivity (Wildman–Crippen MR) is 76.2 cm³/mol. The lowest BCUT2D eigenvalue weighted by Gasteiger charge is -2.38. The number of halogens is 2. The molecule has 1 fully saturated rings. The average molecular weight is 318 g/mol. The summed E-state index contributed by atoms with van der Waals surface area (Å²) < 4.78 is 0. The molecule has 1 saturated carbocycles. The lowest BCUT2D eigenvalue weighted by molar-refractivity contribution is -0.384. The van der Waals surface area contributed by atoms with Gasteiger partial charge >= 0.3 is 0 Å². The van der Waals surface area contributed by atoms with E-state index in [9.17, 15) is 14.9 Å². The zero-order chi connectivity index (χ0) is 14.9. The SMILES string of the molecule is NC1(CNC(=O)c2cc([N+](=O)[O-])cc(Cl)c2Cl)CCC1. The van der Waals surface area contributed by atoms with Crippen LogP contribution in [0.5, 0.6) is 0 Å². The third-order valence-electron chi connectivity index (χ3n) is 3.42. The van der Waals surface area contributed by atoms with Crippen LogP contribution in [0.1, 0.15) is 29.6 Å². The van der Waals surface area contributed by atoms with Gasteiger partial charge in [0.2, 0.25) is 0 Å². The molecular weight excluding hydrogens is 305 g/mol. The van der Waals surface area contributed by atoms with Gasteiger partial charge in [-0.3, -0.25) is 14.9 Å². The Morgan fingerprint density at radius 3 is 2.60 bits per heavy atom. The van der Waals surface area contributed by atoms with Crippen LogP contribution in [0.3, 0.4) is 0 Å². The smallest absolute Gasteiger partial charge is 0.271 e. The number of hydrogen-bond donors (Lipinski definition) is 2. The van der Waals surface area contributed by atoms with Crippen molar-refractivity contribution in [3.63, 3.8) is 0 Å². The van der Waals surface area contributed by atoms with Gasteiger partial charge in [-0.2, -0.15) is 0 Å². The monoisotopic (exact) mass is 317 g/mol. The fraction of sp³-hybridized carbons (Fsp3) is 0.417. The second-order valence-corrected chi connectivity index (χ2v) is 5.73. The van der Waals surface area contributed by atoms with Crippen LogP contribution in [0.25, 0.3) is 0 Å². The van der Waals surface area contributed by atoms with E-state index in [1.807, 2.05) is 0 Å². The number of nitro groups is 1. The maximum atomic E-state index is 12.0. The minimum absolute atomic E-state index is 0.00514. The van der Waals surface area contributed by atoms with Gasteiger partial charge in [0.1, 0.15) is 0 Å². The van der Waals surface area contributed by atoms with Gasteiger partial charge in [-0.1, -0.05) is 23.2 Å². The minimum Gasteiger partial charge on any atom is -0.350 e. The zero-order valence-corrected chi connectivity index (χ0v) is 12.0. The molecule has 0 aromatic heterocycles. The van der Waals surface area contributed by atoms with Crippen LogP contribution in [0.2, 0.25) is 10.0 Å². The fourth-order valence-electron chi connectivity index (χ4n) is 2.00. The van der Waals surface area contributed by atoms with E-state index in [-0.39, 0.29) is 26.8 Å². The number of benzene rings is 1. The molecule has 1 aromatic rings. The molecule has 0 atom stereocenters. The van der Waals surface area contributed by atoms with Crippen molar-refractivity contribution in [1.29, 1.82) is 0 Å². The van der Waals surface area contributed by atoms with E-state index in [2.05, 4.69) is 5.32 Å². The highest BCUT2D eigenvalue weighted by atomic mass is 35.5. The normalized spacial score (nSPS) is 16.4. The molecular formula is C12H13Cl2N3O3. The number of nitro benzene ring substituents is 1. The lowest BCUT2D eigenvalue weighted by atomic mass is 9.78. The molecule has 1 aliphatic rings. The molecule has 8 heteroatoms. The number of carbonyl (C=O) groups excluding carboxylic acids is 1. The molecule has 0 saturated heterocycles. The highest BCUT2D eigenvalue weighted by Crippen LogP contribution is 2.31. The molecule has 3 N–H and O–H groups in total. The van der Waals surface area contributed by atoms with Crippen molar-refractivity contribution in [2.45, 2.75) is 24.8 Å². The quantitative estimate of drug-likeness (QED) is 0.658. The molecule has 6 nitrogen and oxygen atoms in total. The van der Waals surface area contributed by atoms with Gasteiger partial charge in [-0.25, -0.2) is 0 Å². The molecule has 1 amide bonds. The van der Waals surface area contributed by atoms with Crippen LogP contribution in [-0.4, -0.2) is 22.9 Å². The van der Waals surface area contributed by atoms with Gasteiger partial charge < -0.3 is 11.1 Å². The number of nitrogens with two attached hydrogens (primary N) is 1. The third-order valence-corrected chi connectivity index (χ3v) is 4.22. The van der Waals surface area contributed by atoms with Gasteiger partial charge in [-0.05, 0) is 19.3 Å². The molecule has 0 heterocycles. The molecule has 0 unspecified atom stereocenters. The number of rotatable bonds is 4. The summed E-state index contributed by atoms with van der Waals surface area (Å²) in [6.45, 7) is 0.308. The van der Waals surface area contributed by atoms with Gasteiger partial charge in [-0.15, -0.1) is 0 Å². The van der Waals surface area contributed by atoms with Gasteiger partial charge in [0.15, 0.2) is 0 Å². The summed E-state index contributed by atoms with van der Waals surface area (Å²) >= 11 is 11.7. The Kier molecular flexibility index (Phi) is 4.17. The highest BCUT2D eigenvalue weighted by molar-refractivity contribution is 6.44. The molecule has 1 aromatic carbocycles. The number of nitrogens with zero attached hydrogens (tertiary/aromatic N) is 1. The van der Waals surface area contributed by atoms with Crippen molar-refractivity contribution in [3.8, 4) is 0 Å². The van der Waals surface area contributed by atoms with Gasteiger partial charge in [0.05, 0.1) is 20.5 Å². The summed E-state index contributed by atoms with van der Waals surface area (Å²) in [7, 11) is 0. The Morgan fingerprint density at radius 2 is 2.10 bits per heavy atom. The van der Waals surface area contributed by atoms with Crippen molar-refractivity contribution < 1.29 is 9.72 Å². The summed E-state index contributed by atoms with van der Waals surface area (Å²) in [5.74, 6) is -0.516. The van der Waals surface area contributed by atoms with Crippen molar-refractivity contribution in [2.75, 3.05) is 6.54 Å². The Bertz CT molecular complexity index is 573. The number of nitrogens with one attached hydrogen (secondary N) is 1. The maximum Gasteiger partial charge on any atom is 0.271 e. The van der Waals surface area contributed by atoms with E-state index in [1.165, 1.54) is 0 Å². The summed E-state index contributed by atoms with van der Waals surface area (Å²) in [5.41, 5.74) is 5.31. The Morgan fingerprint density at radius 1 is 1.45 bits per heavy atom. The number of non-ortho nitro benzene ring substituents is 1. The van der Waals surface area contributed by atoms with E-state index in [0.29, 0.717) is 6.54 Å². The van der Waals surface area contributed by atoms with Gasteiger partial charge in [0.25, 0.3) is 11.6 Å². The molecule has 1 aliphatic carbocycles. The molecule has 0 aliphatic heterocycles. The first kappa shape index (κ1) is 15.0. The number of hydrogen-bond acceptors (Lipinski definition) is 4. The second-order valence-electron chi connectivity index (χ2n) is 4.94. The predicted octanol–water partition coefficient (Wildman–Crippen LogP) is 2.51. The van der Waals surface area contributed by atoms with E-state index in [1.54, 1.807) is 0 Å². The van der Waals surface area contributed by atoms with Crippen LogP contribution in [0.4, 0.5) is 5.69 Å². The third kappa shape index (κ3) is 3.03. The van der Waals surface area contributed by atoms with Crippen molar-refractivity contribution in [2.24, 2.45) is 5.73 Å². The largest absolute Gasteiger partial charge is 0.350 e. The lowest BCUT2D eigenvalue weighted by Crippen LogP contribution is -2.54. The van der Waals surface area contributed by atoms with Crippen LogP contribution in [0.15, 0.2) is 12.1 Å². The number of carbonyl (C=O) groups is 1. The fourth-order valence-corrected chi connectivity index (χ4v) is 2.41. The molecule has 108 valence electrons. The minimum atomic E-state index is -0.630. The topological polar surface area (TPSA) is 98.3 Å². The Labute approximate surface area is 125 Å². The van der Waals surface area contributed by atoms with Crippen molar-refractivity contribution >= 4 is 34.8 Å². The second kappa shape index (κ2) is 5.55. The summed E-state index contributed by atoms with van der Waals surface area (Å²) in [4.78, 5) is 22.2. The highest BCUT2D eigenvalue weighted by Gasteiger charge is 2.33. The van der Waals surface area contributed by atoms with Gasteiger partial charge in [0, 0.05) is 24.2 Å².